The quantitative estimate of drug-likeness (QED) is 0.786. The zero-order valence-electron chi connectivity index (χ0n) is 12.0. The van der Waals surface area contributed by atoms with Crippen LogP contribution < -0.4 is 0 Å². The van der Waals surface area contributed by atoms with Gasteiger partial charge in [-0.25, -0.2) is 12.8 Å². The molecule has 0 bridgehead atoms. The molecule has 0 N–H and O–H groups in total. The van der Waals surface area contributed by atoms with Crippen LogP contribution in [0.15, 0.2) is 23.1 Å². The fourth-order valence-electron chi connectivity index (χ4n) is 2.81. The summed E-state index contributed by atoms with van der Waals surface area (Å²) in [6.45, 7) is -0.146. The van der Waals surface area contributed by atoms with Crippen LogP contribution >= 0.6 is 0 Å². The van der Waals surface area contributed by atoms with Crippen LogP contribution in [-0.4, -0.2) is 31.5 Å². The first-order valence-electron chi connectivity index (χ1n) is 6.96. The lowest BCUT2D eigenvalue weighted by Gasteiger charge is -2.29. The number of halogens is 4. The predicted molar refractivity (Wildman–Crippen MR) is 73.3 cm³/mol. The summed E-state index contributed by atoms with van der Waals surface area (Å²) in [5.41, 5.74) is 0.102. The highest BCUT2D eigenvalue weighted by atomic mass is 32.2. The highest BCUT2D eigenvalue weighted by Gasteiger charge is 2.42. The van der Waals surface area contributed by atoms with E-state index in [4.69, 9.17) is 0 Å². The van der Waals surface area contributed by atoms with Crippen molar-refractivity contribution >= 4 is 10.0 Å². The normalized spacial score (nSPS) is 17.4. The zero-order valence-corrected chi connectivity index (χ0v) is 12.8. The number of alkyl halides is 3. The summed E-state index contributed by atoms with van der Waals surface area (Å²) in [5.74, 6) is -0.625. The fraction of sp³-hybridized carbons (Fsp3) is 0.571. The second-order valence-corrected chi connectivity index (χ2v) is 7.37. The van der Waals surface area contributed by atoms with E-state index in [1.807, 2.05) is 0 Å². The maximum absolute atomic E-state index is 13.1. The molecule has 1 fully saturated rings. The number of nitrogens with zero attached hydrogens (tertiary/aromatic N) is 1. The molecule has 0 aliphatic heterocycles. The van der Waals surface area contributed by atoms with Crippen molar-refractivity contribution in [3.8, 4) is 0 Å². The lowest BCUT2D eigenvalue weighted by Crippen LogP contribution is -2.44. The van der Waals surface area contributed by atoms with Gasteiger partial charge in [0.05, 0.1) is 4.90 Å². The van der Waals surface area contributed by atoms with Crippen LogP contribution in [-0.2, 0) is 10.0 Å². The van der Waals surface area contributed by atoms with Gasteiger partial charge < -0.3 is 0 Å². The molecule has 1 aliphatic rings. The molecule has 0 amide bonds. The molecule has 0 atom stereocenters. The minimum Gasteiger partial charge on any atom is -0.207 e. The molecular formula is C14H17F4NO2S. The Morgan fingerprint density at radius 3 is 2.32 bits per heavy atom. The molecule has 0 saturated heterocycles. The van der Waals surface area contributed by atoms with Gasteiger partial charge in [0.2, 0.25) is 10.0 Å². The van der Waals surface area contributed by atoms with Crippen molar-refractivity contribution in [2.45, 2.75) is 49.7 Å². The maximum atomic E-state index is 13.1. The first-order valence-corrected chi connectivity index (χ1v) is 8.40. The standard InChI is InChI=1S/C14H17F4NO2S/c1-10-8-11(15)6-7-13(10)22(20,21)19(9-14(16,17)18)12-4-2-3-5-12/h6-8,12H,2-5,9H2,1H3. The molecule has 0 unspecified atom stereocenters. The number of hydrogen-bond donors (Lipinski definition) is 0. The van der Waals surface area contributed by atoms with Crippen molar-refractivity contribution in [3.05, 3.63) is 29.6 Å². The van der Waals surface area contributed by atoms with E-state index >= 15 is 0 Å². The van der Waals surface area contributed by atoms with E-state index in [-0.39, 0.29) is 10.5 Å². The Bertz CT molecular complexity index is 637. The van der Waals surface area contributed by atoms with E-state index in [0.29, 0.717) is 30.0 Å². The molecule has 0 aromatic heterocycles. The molecule has 1 aromatic carbocycles. The molecule has 1 aromatic rings. The van der Waals surface area contributed by atoms with Crippen molar-refractivity contribution in [1.82, 2.24) is 4.31 Å². The van der Waals surface area contributed by atoms with Crippen LogP contribution in [0.4, 0.5) is 17.6 Å². The van der Waals surface area contributed by atoms with Gasteiger partial charge in [0.25, 0.3) is 0 Å². The van der Waals surface area contributed by atoms with Gasteiger partial charge in [-0.2, -0.15) is 17.5 Å². The summed E-state index contributed by atoms with van der Waals surface area (Å²) < 4.78 is 77.3. The number of benzene rings is 1. The topological polar surface area (TPSA) is 37.4 Å². The van der Waals surface area contributed by atoms with Gasteiger partial charge in [-0.1, -0.05) is 12.8 Å². The number of rotatable bonds is 4. The molecule has 2 rings (SSSR count). The van der Waals surface area contributed by atoms with Crippen molar-refractivity contribution < 1.29 is 26.0 Å². The summed E-state index contributed by atoms with van der Waals surface area (Å²) in [6.07, 6.45) is -2.39. The van der Waals surface area contributed by atoms with Crippen LogP contribution in [0.1, 0.15) is 31.2 Å². The Kier molecular flexibility index (Phi) is 4.81. The largest absolute Gasteiger partial charge is 0.402 e. The van der Waals surface area contributed by atoms with E-state index in [1.165, 1.54) is 6.92 Å². The second kappa shape index (κ2) is 6.16. The van der Waals surface area contributed by atoms with Gasteiger partial charge in [-0.05, 0) is 43.5 Å². The SMILES string of the molecule is Cc1cc(F)ccc1S(=O)(=O)N(CC(F)(F)F)C1CCCC1. The number of sulfonamides is 1. The molecule has 0 spiro atoms. The Labute approximate surface area is 127 Å². The Balaban J connectivity index is 2.43. The first-order chi connectivity index (χ1) is 10.1. The average Bonchev–Trinajstić information content (AvgIpc) is 2.87. The van der Waals surface area contributed by atoms with E-state index < -0.39 is 34.6 Å². The van der Waals surface area contributed by atoms with E-state index in [1.54, 1.807) is 0 Å². The summed E-state index contributed by atoms with van der Waals surface area (Å²) >= 11 is 0. The Morgan fingerprint density at radius 1 is 1.23 bits per heavy atom. The van der Waals surface area contributed by atoms with Crippen LogP contribution in [0.3, 0.4) is 0 Å². The van der Waals surface area contributed by atoms with Crippen LogP contribution in [0, 0.1) is 12.7 Å². The molecule has 1 aliphatic carbocycles. The van der Waals surface area contributed by atoms with E-state index in [2.05, 4.69) is 0 Å². The Morgan fingerprint density at radius 2 is 1.82 bits per heavy atom. The first kappa shape index (κ1) is 17.2. The molecule has 22 heavy (non-hydrogen) atoms. The highest BCUT2D eigenvalue weighted by molar-refractivity contribution is 7.89. The average molecular weight is 339 g/mol. The van der Waals surface area contributed by atoms with Gasteiger partial charge in [0.1, 0.15) is 12.4 Å². The van der Waals surface area contributed by atoms with Crippen molar-refractivity contribution in [2.75, 3.05) is 6.54 Å². The lowest BCUT2D eigenvalue weighted by molar-refractivity contribution is -0.139. The smallest absolute Gasteiger partial charge is 0.207 e. The molecule has 1 saturated carbocycles. The molecule has 8 heteroatoms. The summed E-state index contributed by atoms with van der Waals surface area (Å²) in [4.78, 5) is -0.273. The molecule has 124 valence electrons. The van der Waals surface area contributed by atoms with Crippen molar-refractivity contribution in [3.63, 3.8) is 0 Å². The van der Waals surface area contributed by atoms with Gasteiger partial charge in [0.15, 0.2) is 0 Å². The molecular weight excluding hydrogens is 322 g/mol. The second-order valence-electron chi connectivity index (χ2n) is 5.51. The van der Waals surface area contributed by atoms with Crippen LogP contribution in [0.5, 0.6) is 0 Å². The number of aryl methyl sites for hydroxylation is 1. The molecule has 0 radical (unpaired) electrons. The van der Waals surface area contributed by atoms with Gasteiger partial charge in [-0.3, -0.25) is 0 Å². The third kappa shape index (κ3) is 3.78. The maximum Gasteiger partial charge on any atom is 0.402 e. The van der Waals surface area contributed by atoms with Crippen molar-refractivity contribution in [2.24, 2.45) is 0 Å². The fourth-order valence-corrected chi connectivity index (χ4v) is 4.69. The third-order valence-electron chi connectivity index (χ3n) is 3.79. The van der Waals surface area contributed by atoms with E-state index in [0.717, 1.165) is 18.2 Å². The summed E-state index contributed by atoms with van der Waals surface area (Å²) in [5, 5.41) is 0. The lowest BCUT2D eigenvalue weighted by atomic mass is 10.2. The molecule has 0 heterocycles. The predicted octanol–water partition coefficient (Wildman–Crippen LogP) is 3.63. The summed E-state index contributed by atoms with van der Waals surface area (Å²) in [7, 11) is -4.32. The number of hydrogen-bond acceptors (Lipinski definition) is 2. The van der Waals surface area contributed by atoms with Gasteiger partial charge in [0, 0.05) is 6.04 Å². The summed E-state index contributed by atoms with van der Waals surface area (Å²) in [6, 6.07) is 2.32. The monoisotopic (exact) mass is 339 g/mol. The van der Waals surface area contributed by atoms with Crippen LogP contribution in [0.2, 0.25) is 0 Å². The van der Waals surface area contributed by atoms with Crippen LogP contribution in [0.25, 0.3) is 0 Å². The van der Waals surface area contributed by atoms with E-state index in [9.17, 15) is 26.0 Å². The van der Waals surface area contributed by atoms with Crippen molar-refractivity contribution in [1.29, 1.82) is 0 Å². The minimum atomic E-state index is -4.62. The highest BCUT2D eigenvalue weighted by Crippen LogP contribution is 2.32. The molecule has 3 nitrogen and oxygen atoms in total. The van der Waals surface area contributed by atoms with Gasteiger partial charge >= 0.3 is 6.18 Å². The third-order valence-corrected chi connectivity index (χ3v) is 5.85. The Hall–Kier alpha value is -1.15. The minimum absolute atomic E-state index is 0.102. The van der Waals surface area contributed by atoms with Gasteiger partial charge in [-0.15, -0.1) is 0 Å². The zero-order chi connectivity index (χ0) is 16.5.